The summed E-state index contributed by atoms with van der Waals surface area (Å²) in [7, 11) is 0. The smallest absolute Gasteiger partial charge is 0.349 e. The van der Waals surface area contributed by atoms with Crippen molar-refractivity contribution in [3.05, 3.63) is 0 Å². The van der Waals surface area contributed by atoms with E-state index >= 15 is 0 Å². The van der Waals surface area contributed by atoms with Gasteiger partial charge in [-0.15, -0.1) is 0 Å². The van der Waals surface area contributed by atoms with Crippen LogP contribution in [0.3, 0.4) is 0 Å². The predicted octanol–water partition coefficient (Wildman–Crippen LogP) is -3.00. The van der Waals surface area contributed by atoms with Gasteiger partial charge in [-0.2, -0.15) is 0 Å². The average Bonchev–Trinajstić information content (AvgIpc) is 2.93. The largest absolute Gasteiger partial charge is 0.481 e. The number of aliphatic hydroxyl groups is 1. The number of esters is 4. The van der Waals surface area contributed by atoms with Gasteiger partial charge in [-0.3, -0.25) is 47.9 Å². The van der Waals surface area contributed by atoms with Crippen molar-refractivity contribution in [2.75, 3.05) is 0 Å². The van der Waals surface area contributed by atoms with Gasteiger partial charge >= 0.3 is 77.6 Å². The highest BCUT2D eigenvalue weighted by molar-refractivity contribution is 5.95. The van der Waals surface area contributed by atoms with E-state index in [-0.39, 0.29) is 0 Å². The Labute approximate surface area is 286 Å². The summed E-state index contributed by atoms with van der Waals surface area (Å²) < 4.78 is 13.0. The van der Waals surface area contributed by atoms with Crippen molar-refractivity contribution in [3.63, 3.8) is 0 Å². The third kappa shape index (κ3) is 18.1. The molecule has 0 radical (unpaired) electrons. The summed E-state index contributed by atoms with van der Waals surface area (Å²) in [6.07, 6.45) is -11.6. The molecule has 2 atom stereocenters. The van der Waals surface area contributed by atoms with Gasteiger partial charge in [-0.1, -0.05) is 0 Å². The van der Waals surface area contributed by atoms with E-state index in [2.05, 4.69) is 14.2 Å². The Morgan fingerprint density at radius 1 is 0.346 bits per heavy atom. The van der Waals surface area contributed by atoms with Crippen molar-refractivity contribution in [2.24, 2.45) is 0 Å². The maximum atomic E-state index is 11.7. The zero-order valence-corrected chi connectivity index (χ0v) is 26.1. The fourth-order valence-electron chi connectivity index (χ4n) is 3.48. The first-order valence-electron chi connectivity index (χ1n) is 13.5. The summed E-state index contributed by atoms with van der Waals surface area (Å²) in [5.74, 6) is -22.4. The summed E-state index contributed by atoms with van der Waals surface area (Å²) in [6, 6.07) is 0. The van der Waals surface area contributed by atoms with E-state index in [0.29, 0.717) is 0 Å². The summed E-state index contributed by atoms with van der Waals surface area (Å²) >= 11 is 0. The fraction of sp³-hybridized carbons (Fsp3) is 0.500. The van der Waals surface area contributed by atoms with E-state index in [1.165, 1.54) is 0 Å². The van der Waals surface area contributed by atoms with E-state index in [4.69, 9.17) is 40.9 Å². The molecule has 290 valence electrons. The minimum Gasteiger partial charge on any atom is -0.481 e. The Kier molecular flexibility index (Phi) is 18.9. The van der Waals surface area contributed by atoms with Gasteiger partial charge < -0.3 is 65.3 Å². The predicted molar refractivity (Wildman–Crippen MR) is 149 cm³/mol. The van der Waals surface area contributed by atoms with Crippen molar-refractivity contribution >= 4 is 77.6 Å². The van der Waals surface area contributed by atoms with Crippen molar-refractivity contribution in [2.45, 2.75) is 81.0 Å². The van der Waals surface area contributed by atoms with Crippen LogP contribution in [-0.2, 0) is 76.5 Å². The van der Waals surface area contributed by atoms with Gasteiger partial charge in [0.2, 0.25) is 11.2 Å². The molecule has 0 spiro atoms. The van der Waals surface area contributed by atoms with Gasteiger partial charge in [-0.05, 0) is 0 Å². The van der Waals surface area contributed by atoms with Gasteiger partial charge in [0.25, 0.3) is 0 Å². The molecule has 0 aromatic rings. The van der Waals surface area contributed by atoms with Crippen LogP contribution >= 0.6 is 0 Å². The molecular weight excluding hydrogens is 728 g/mol. The van der Waals surface area contributed by atoms with Crippen LogP contribution < -0.4 is 0 Å². The minimum absolute atomic E-state index is 0.671. The van der Waals surface area contributed by atoms with Crippen LogP contribution in [0.5, 0.6) is 0 Å². The third-order valence-corrected chi connectivity index (χ3v) is 5.73. The monoisotopic (exact) mass is 758 g/mol. The molecule has 0 fully saturated rings. The van der Waals surface area contributed by atoms with E-state index in [0.717, 1.165) is 0 Å². The number of ether oxygens (including phenoxy) is 3. The first-order chi connectivity index (χ1) is 23.6. The highest BCUT2D eigenvalue weighted by Gasteiger charge is 2.50. The first-order valence-corrected chi connectivity index (χ1v) is 13.5. The number of carboxylic acids is 9. The number of aliphatic carboxylic acids is 9. The van der Waals surface area contributed by atoms with Crippen LogP contribution in [0.1, 0.15) is 64.2 Å². The third-order valence-electron chi connectivity index (χ3n) is 5.73. The number of hydrogen-bond donors (Lipinski definition) is 10. The van der Waals surface area contributed by atoms with Gasteiger partial charge in [0.15, 0.2) is 5.60 Å². The van der Waals surface area contributed by atoms with Crippen LogP contribution in [-0.4, -0.2) is 145 Å². The van der Waals surface area contributed by atoms with Gasteiger partial charge in [-0.25, -0.2) is 14.4 Å². The lowest BCUT2D eigenvalue weighted by Crippen LogP contribution is -2.49. The minimum atomic E-state index is -3.17. The Hall–Kier alpha value is -6.73. The molecule has 0 amide bonds. The number of carboxylic acid groups (broad SMARTS) is 9. The second-order valence-electron chi connectivity index (χ2n) is 10.2. The lowest BCUT2D eigenvalue weighted by molar-refractivity contribution is -0.191. The van der Waals surface area contributed by atoms with Crippen LogP contribution in [0.25, 0.3) is 0 Å². The molecule has 0 aliphatic rings. The lowest BCUT2D eigenvalue weighted by atomic mass is 9.93. The Morgan fingerprint density at radius 3 is 1.02 bits per heavy atom. The summed E-state index contributed by atoms with van der Waals surface area (Å²) in [5, 5.41) is 88.4. The standard InChI is InChI=1S/C14H16O13.C12H14O13/c15-7(16)1-3-10(21)26-12(23)6-14(13(24)25,5-9(19)20)27-11(22)4-2-8(17)18;13-5(14)1-11(24,9(20)21)4-8(19)25-12(10(22)23,2-6(15)16)3-7(17)18/h1-6H2,(H,15,16)(H,17,18)(H,19,20)(H,24,25);24H,1-4H2,(H,13,14)(H,15,16)(H,17,18)(H,20,21)(H,22,23). The molecule has 2 unspecified atom stereocenters. The van der Waals surface area contributed by atoms with Crippen LogP contribution in [0.2, 0.25) is 0 Å². The van der Waals surface area contributed by atoms with Crippen LogP contribution in [0.4, 0.5) is 0 Å². The number of carbonyl (C=O) groups is 13. The molecule has 0 rings (SSSR count). The van der Waals surface area contributed by atoms with Crippen LogP contribution in [0.15, 0.2) is 0 Å². The molecule has 26 heteroatoms. The van der Waals surface area contributed by atoms with Gasteiger partial charge in [0.1, 0.15) is 0 Å². The summed E-state index contributed by atoms with van der Waals surface area (Å²) in [6.45, 7) is 0. The maximum Gasteiger partial charge on any atom is 0.349 e. The van der Waals surface area contributed by atoms with E-state index in [9.17, 15) is 72.5 Å². The number of hydrogen-bond acceptors (Lipinski definition) is 17. The number of rotatable bonds is 23. The Balaban J connectivity index is 0. The molecule has 52 heavy (non-hydrogen) atoms. The molecule has 0 aliphatic heterocycles. The Morgan fingerprint density at radius 2 is 0.692 bits per heavy atom. The molecule has 0 saturated carbocycles. The topological polar surface area (TPSA) is 452 Å². The normalized spacial score (nSPS) is 12.8. The zero-order valence-electron chi connectivity index (χ0n) is 26.1. The SMILES string of the molecule is O=C(O)CC(O)(CC(=O)OC(CC(=O)O)(CC(=O)O)C(=O)O)C(=O)O.O=C(O)CCC(=O)OC(=O)CC(CC(=O)O)(OC(=O)CCC(=O)O)C(=O)O. The zero-order chi connectivity index (χ0) is 41.2. The van der Waals surface area contributed by atoms with E-state index in [1.807, 2.05) is 0 Å². The van der Waals surface area contributed by atoms with Gasteiger partial charge in [0, 0.05) is 0 Å². The van der Waals surface area contributed by atoms with Crippen molar-refractivity contribution < 1.29 is 128 Å². The molecule has 0 aliphatic carbocycles. The highest BCUT2D eigenvalue weighted by atomic mass is 16.6. The molecule has 0 bridgehead atoms. The van der Waals surface area contributed by atoms with Crippen molar-refractivity contribution in [1.29, 1.82) is 0 Å². The first kappa shape index (κ1) is 47.4. The van der Waals surface area contributed by atoms with E-state index in [1.54, 1.807) is 0 Å². The molecule has 26 nitrogen and oxygen atoms in total. The van der Waals surface area contributed by atoms with Crippen LogP contribution in [0, 0.1) is 0 Å². The lowest BCUT2D eigenvalue weighted by Gasteiger charge is -2.28. The van der Waals surface area contributed by atoms with Crippen molar-refractivity contribution in [1.82, 2.24) is 0 Å². The van der Waals surface area contributed by atoms with Gasteiger partial charge in [0.05, 0.1) is 64.2 Å². The maximum absolute atomic E-state index is 11.7. The molecule has 0 saturated heterocycles. The highest BCUT2D eigenvalue weighted by Crippen LogP contribution is 2.26. The summed E-state index contributed by atoms with van der Waals surface area (Å²) in [5.41, 5.74) is -9.18. The average molecular weight is 759 g/mol. The molecule has 0 heterocycles. The Bertz CT molecular complexity index is 1460. The fourth-order valence-corrected chi connectivity index (χ4v) is 3.48. The second kappa shape index (κ2) is 20.7. The quantitative estimate of drug-likeness (QED) is 0.0282. The number of carbonyl (C=O) groups excluding carboxylic acids is 4. The molecule has 0 aromatic heterocycles. The second-order valence-corrected chi connectivity index (χ2v) is 10.2. The molecule has 10 N–H and O–H groups in total. The molecule has 0 aromatic carbocycles. The van der Waals surface area contributed by atoms with E-state index < -0.39 is 159 Å². The van der Waals surface area contributed by atoms with Crippen molar-refractivity contribution in [3.8, 4) is 0 Å². The summed E-state index contributed by atoms with van der Waals surface area (Å²) in [4.78, 5) is 144. The molecular formula is C26H30O26.